The van der Waals surface area contributed by atoms with Crippen LogP contribution >= 0.6 is 0 Å². The Labute approximate surface area is 187 Å². The summed E-state index contributed by atoms with van der Waals surface area (Å²) in [6.45, 7) is 4.41. The Bertz CT molecular complexity index is 932. The molecular formula is C23H32N4O5. The van der Waals surface area contributed by atoms with E-state index in [1.807, 2.05) is 38.1 Å². The number of aliphatic hydroxyl groups excluding tert-OH is 2. The van der Waals surface area contributed by atoms with Crippen molar-refractivity contribution < 1.29 is 24.9 Å². The van der Waals surface area contributed by atoms with Gasteiger partial charge in [0.05, 0.1) is 24.8 Å². The minimum atomic E-state index is -0.871. The number of aromatic hydroxyl groups is 1. The molecule has 0 aliphatic carbocycles. The molecule has 0 saturated heterocycles. The van der Waals surface area contributed by atoms with E-state index in [2.05, 4.69) is 16.0 Å². The van der Waals surface area contributed by atoms with Crippen LogP contribution in [0.1, 0.15) is 36.6 Å². The number of β-amino-alcohol motifs (C(OH)–C–C–N with tert-alkyl or cyclic N) is 1. The maximum atomic E-state index is 11.9. The van der Waals surface area contributed by atoms with Gasteiger partial charge < -0.3 is 37.0 Å². The van der Waals surface area contributed by atoms with Gasteiger partial charge in [-0.25, -0.2) is 4.79 Å². The van der Waals surface area contributed by atoms with Crippen LogP contribution in [0, 0.1) is 0 Å². The van der Waals surface area contributed by atoms with Crippen molar-refractivity contribution in [1.82, 2.24) is 10.6 Å². The van der Waals surface area contributed by atoms with Crippen LogP contribution < -0.4 is 21.7 Å². The van der Waals surface area contributed by atoms with Crippen molar-refractivity contribution in [2.45, 2.75) is 38.3 Å². The molecule has 0 fully saturated rings. The predicted octanol–water partition coefficient (Wildman–Crippen LogP) is 1.18. The Morgan fingerprint density at radius 2 is 1.84 bits per heavy atom. The van der Waals surface area contributed by atoms with Crippen LogP contribution in [0.3, 0.4) is 0 Å². The molecule has 0 radical (unpaired) electrons. The molecule has 0 saturated carbocycles. The maximum absolute atomic E-state index is 11.9. The fraction of sp³-hybridized carbons (Fsp3) is 0.391. The van der Waals surface area contributed by atoms with E-state index in [9.17, 15) is 19.8 Å². The number of phenols is 1. The Balaban J connectivity index is 1.97. The monoisotopic (exact) mass is 444 g/mol. The summed E-state index contributed by atoms with van der Waals surface area (Å²) in [4.78, 5) is 22.9. The number of aliphatic hydroxyl groups is 2. The number of rotatable bonds is 11. The highest BCUT2D eigenvalue weighted by Gasteiger charge is 2.21. The van der Waals surface area contributed by atoms with Gasteiger partial charge in [0.25, 0.3) is 0 Å². The fourth-order valence-corrected chi connectivity index (χ4v) is 3.35. The number of carbonyl (C=O) groups excluding carboxylic acids is 2. The first-order valence-electron chi connectivity index (χ1n) is 10.4. The van der Waals surface area contributed by atoms with Gasteiger partial charge in [-0.3, -0.25) is 4.79 Å². The second-order valence-corrected chi connectivity index (χ2v) is 8.29. The third-order valence-corrected chi connectivity index (χ3v) is 4.87. The fourth-order valence-electron chi connectivity index (χ4n) is 3.35. The molecule has 2 aromatic carbocycles. The van der Waals surface area contributed by atoms with Crippen LogP contribution in [0.25, 0.3) is 0 Å². The number of primary amides is 1. The van der Waals surface area contributed by atoms with Gasteiger partial charge in [0.1, 0.15) is 5.75 Å². The molecule has 2 rings (SSSR count). The van der Waals surface area contributed by atoms with Crippen molar-refractivity contribution in [3.63, 3.8) is 0 Å². The van der Waals surface area contributed by atoms with Gasteiger partial charge in [-0.15, -0.1) is 0 Å². The largest absolute Gasteiger partial charge is 0.506 e. The quantitative estimate of drug-likeness (QED) is 0.258. The van der Waals surface area contributed by atoms with Gasteiger partial charge in [0.2, 0.25) is 5.91 Å². The summed E-state index contributed by atoms with van der Waals surface area (Å²) in [6.07, 6.45) is 0.0311. The third kappa shape index (κ3) is 8.18. The van der Waals surface area contributed by atoms with Crippen LogP contribution in [0.2, 0.25) is 0 Å². The number of phenolic OH excluding ortho intramolecular Hbond substituents is 1. The summed E-state index contributed by atoms with van der Waals surface area (Å²) in [5, 5.41) is 37.5. The van der Waals surface area contributed by atoms with Crippen LogP contribution in [-0.2, 0) is 17.6 Å². The van der Waals surface area contributed by atoms with Gasteiger partial charge in [-0.1, -0.05) is 30.3 Å². The van der Waals surface area contributed by atoms with E-state index < -0.39 is 12.1 Å². The molecule has 1 atom stereocenters. The first-order valence-corrected chi connectivity index (χ1v) is 10.4. The van der Waals surface area contributed by atoms with Gasteiger partial charge in [-0.05, 0) is 49.1 Å². The molecule has 0 aliphatic heterocycles. The van der Waals surface area contributed by atoms with E-state index >= 15 is 0 Å². The van der Waals surface area contributed by atoms with Crippen molar-refractivity contribution in [2.75, 3.05) is 25.0 Å². The highest BCUT2D eigenvalue weighted by Crippen LogP contribution is 2.27. The van der Waals surface area contributed by atoms with Crippen molar-refractivity contribution in [2.24, 2.45) is 5.73 Å². The average molecular weight is 445 g/mol. The molecule has 0 unspecified atom stereocenters. The first kappa shape index (κ1) is 25.1. The molecule has 0 heterocycles. The molecule has 9 heteroatoms. The number of benzene rings is 2. The summed E-state index contributed by atoms with van der Waals surface area (Å²) < 4.78 is 0. The van der Waals surface area contributed by atoms with Crippen LogP contribution in [0.5, 0.6) is 5.75 Å². The van der Waals surface area contributed by atoms with Crippen molar-refractivity contribution in [3.8, 4) is 5.75 Å². The van der Waals surface area contributed by atoms with E-state index in [0.717, 1.165) is 11.1 Å². The lowest BCUT2D eigenvalue weighted by atomic mass is 9.93. The lowest BCUT2D eigenvalue weighted by molar-refractivity contribution is -0.120. The molecule has 9 nitrogen and oxygen atoms in total. The number of carbonyl (C=O) groups is 2. The van der Waals surface area contributed by atoms with Gasteiger partial charge >= 0.3 is 6.03 Å². The summed E-state index contributed by atoms with van der Waals surface area (Å²) >= 11 is 0. The van der Waals surface area contributed by atoms with Crippen LogP contribution in [0.15, 0.2) is 42.5 Å². The highest BCUT2D eigenvalue weighted by atomic mass is 16.3. The minimum Gasteiger partial charge on any atom is -0.506 e. The van der Waals surface area contributed by atoms with E-state index in [-0.39, 0.29) is 49.0 Å². The summed E-state index contributed by atoms with van der Waals surface area (Å²) in [5.41, 5.74) is 7.32. The molecule has 0 aromatic heterocycles. The lowest BCUT2D eigenvalue weighted by Crippen LogP contribution is -2.43. The smallest absolute Gasteiger partial charge is 0.316 e. The zero-order chi connectivity index (χ0) is 23.7. The van der Waals surface area contributed by atoms with E-state index in [4.69, 9.17) is 10.8 Å². The van der Waals surface area contributed by atoms with Crippen molar-refractivity contribution >= 4 is 17.6 Å². The normalized spacial score (nSPS) is 12.2. The molecule has 174 valence electrons. The predicted molar refractivity (Wildman–Crippen MR) is 122 cm³/mol. The Kier molecular flexibility index (Phi) is 9.01. The zero-order valence-corrected chi connectivity index (χ0v) is 18.4. The Hall–Kier alpha value is -3.14. The molecule has 32 heavy (non-hydrogen) atoms. The van der Waals surface area contributed by atoms with Gasteiger partial charge in [0, 0.05) is 18.6 Å². The van der Waals surface area contributed by atoms with E-state index in [0.29, 0.717) is 12.0 Å². The molecular weight excluding hydrogens is 412 g/mol. The zero-order valence-electron chi connectivity index (χ0n) is 18.4. The molecule has 3 amide bonds. The number of amides is 3. The van der Waals surface area contributed by atoms with E-state index in [1.54, 1.807) is 6.07 Å². The maximum Gasteiger partial charge on any atom is 0.316 e. The van der Waals surface area contributed by atoms with Crippen LogP contribution in [0.4, 0.5) is 10.5 Å². The lowest BCUT2D eigenvalue weighted by Gasteiger charge is -2.28. The molecule has 0 spiro atoms. The van der Waals surface area contributed by atoms with Gasteiger partial charge in [0.15, 0.2) is 0 Å². The summed E-state index contributed by atoms with van der Waals surface area (Å²) in [5.74, 6) is -0.284. The molecule has 2 aromatic rings. The first-order chi connectivity index (χ1) is 15.1. The Morgan fingerprint density at radius 3 is 2.53 bits per heavy atom. The van der Waals surface area contributed by atoms with Crippen molar-refractivity contribution in [3.05, 3.63) is 59.2 Å². The highest BCUT2D eigenvalue weighted by molar-refractivity contribution is 5.89. The summed E-state index contributed by atoms with van der Waals surface area (Å²) in [7, 11) is 0. The minimum absolute atomic E-state index is 0.0927. The van der Waals surface area contributed by atoms with Gasteiger partial charge in [-0.2, -0.15) is 0 Å². The molecule has 0 aliphatic rings. The number of urea groups is 1. The Morgan fingerprint density at radius 1 is 1.12 bits per heavy atom. The number of nitrogens with two attached hydrogens (primary N) is 1. The van der Waals surface area contributed by atoms with Crippen LogP contribution in [-0.4, -0.2) is 52.5 Å². The second-order valence-electron chi connectivity index (χ2n) is 8.29. The summed E-state index contributed by atoms with van der Waals surface area (Å²) in [6, 6.07) is 11.4. The topological polar surface area (TPSA) is 157 Å². The second kappa shape index (κ2) is 11.5. The third-order valence-electron chi connectivity index (χ3n) is 4.87. The average Bonchev–Trinajstić information content (AvgIpc) is 2.71. The molecule has 8 N–H and O–H groups in total. The number of hydrogen-bond donors (Lipinski definition) is 7. The number of hydrogen-bond acceptors (Lipinski definition) is 6. The number of nitrogens with one attached hydrogen (secondary N) is 3. The number of anilines is 1. The standard InChI is InChI=1S/C23H32N4O5/c1-23(2,13-16-5-3-4-15(10-16)11-21(31)25-8-9-28)26-14-20(30)17-6-7-19(29)18(12-17)27-22(24)32/h3-7,10,12,20,26,28-30H,8-9,11,13-14H2,1-2H3,(H,25,31)(H3,24,27,32)/t20-/m0/s1. The SMILES string of the molecule is CC(C)(Cc1cccc(CC(=O)NCCO)c1)NC[C@H](O)c1ccc(O)c(NC(N)=O)c1. The van der Waals surface area contributed by atoms with E-state index in [1.165, 1.54) is 12.1 Å². The van der Waals surface area contributed by atoms with Crippen molar-refractivity contribution in [1.29, 1.82) is 0 Å². The molecule has 0 bridgehead atoms.